The van der Waals surface area contributed by atoms with Crippen molar-refractivity contribution in [1.29, 1.82) is 0 Å². The summed E-state index contributed by atoms with van der Waals surface area (Å²) in [6, 6.07) is 8.04. The van der Waals surface area contributed by atoms with Crippen molar-refractivity contribution in [3.63, 3.8) is 0 Å². The predicted molar refractivity (Wildman–Crippen MR) is 130 cm³/mol. The van der Waals surface area contributed by atoms with Gasteiger partial charge in [0.15, 0.2) is 23.1 Å². The van der Waals surface area contributed by atoms with Gasteiger partial charge in [0, 0.05) is 47.4 Å². The van der Waals surface area contributed by atoms with E-state index < -0.39 is 27.1 Å². The maximum atomic E-state index is 13.0. The average molecular weight is 505 g/mol. The molecule has 11 heteroatoms. The number of rotatable bonds is 6. The molecule has 2 aromatic carbocycles. The quantitative estimate of drug-likeness (QED) is 0.422. The number of carbonyl (C=O) groups excluding carboxylic acids is 2. The summed E-state index contributed by atoms with van der Waals surface area (Å²) in [6.07, 6.45) is 3.78. The number of allylic oxidation sites excluding steroid dienone is 4. The van der Waals surface area contributed by atoms with Crippen LogP contribution in [-0.4, -0.2) is 28.5 Å². The van der Waals surface area contributed by atoms with Crippen molar-refractivity contribution < 1.29 is 28.9 Å². The van der Waals surface area contributed by atoms with Crippen molar-refractivity contribution in [2.75, 3.05) is 7.11 Å². The predicted octanol–water partition coefficient (Wildman–Crippen LogP) is 5.00. The Kier molecular flexibility index (Phi) is 6.20. The van der Waals surface area contributed by atoms with Gasteiger partial charge in [0.25, 0.3) is 5.69 Å². The van der Waals surface area contributed by atoms with E-state index in [2.05, 4.69) is 5.32 Å². The van der Waals surface area contributed by atoms with E-state index in [1.165, 1.54) is 7.11 Å². The minimum absolute atomic E-state index is 0.00414. The van der Waals surface area contributed by atoms with Crippen LogP contribution in [0.5, 0.6) is 17.2 Å². The molecule has 2 aromatic rings. The van der Waals surface area contributed by atoms with Crippen LogP contribution in [-0.2, 0) is 9.59 Å². The van der Waals surface area contributed by atoms with E-state index in [1.54, 1.807) is 18.2 Å². The Morgan fingerprint density at radius 1 is 0.811 bits per heavy atom. The lowest BCUT2D eigenvalue weighted by atomic mass is 9.71. The highest BCUT2D eigenvalue weighted by atomic mass is 16.6. The molecule has 37 heavy (non-hydrogen) atoms. The van der Waals surface area contributed by atoms with Gasteiger partial charge in [-0.25, -0.2) is 0 Å². The molecule has 0 aromatic heterocycles. The highest BCUT2D eigenvalue weighted by Gasteiger charge is 2.40. The molecule has 3 aliphatic rings. The zero-order valence-electron chi connectivity index (χ0n) is 19.9. The van der Waals surface area contributed by atoms with E-state index in [0.717, 1.165) is 55.3 Å². The maximum absolute atomic E-state index is 13.0. The number of ketones is 2. The molecule has 190 valence electrons. The molecule has 0 amide bonds. The molecule has 0 unspecified atom stereocenters. The van der Waals surface area contributed by atoms with Gasteiger partial charge in [0.05, 0.1) is 23.0 Å². The van der Waals surface area contributed by atoms with Gasteiger partial charge in [0.1, 0.15) is 0 Å². The second kappa shape index (κ2) is 9.49. The van der Waals surface area contributed by atoms with Crippen molar-refractivity contribution in [3.05, 3.63) is 84.7 Å². The van der Waals surface area contributed by atoms with Crippen LogP contribution in [0.1, 0.15) is 50.0 Å². The van der Waals surface area contributed by atoms with Crippen molar-refractivity contribution in [3.8, 4) is 17.2 Å². The monoisotopic (exact) mass is 505 g/mol. The van der Waals surface area contributed by atoms with E-state index in [1.807, 2.05) is 0 Å². The van der Waals surface area contributed by atoms with Crippen molar-refractivity contribution in [2.45, 2.75) is 44.4 Å². The number of Topliss-reactive ketones (excluding diaryl/α,β-unsaturated/α-hetero) is 2. The zero-order chi connectivity index (χ0) is 26.3. The van der Waals surface area contributed by atoms with Crippen molar-refractivity contribution in [2.24, 2.45) is 0 Å². The number of carbonyl (C=O) groups is 2. The summed E-state index contributed by atoms with van der Waals surface area (Å²) in [5, 5.41) is 25.9. The molecule has 2 aliphatic carbocycles. The topological polar surface area (TPSA) is 151 Å². The third-order valence-corrected chi connectivity index (χ3v) is 6.88. The molecule has 1 aliphatic heterocycles. The van der Waals surface area contributed by atoms with Crippen LogP contribution in [0.15, 0.2) is 58.9 Å². The lowest BCUT2D eigenvalue weighted by Gasteiger charge is -2.37. The Morgan fingerprint density at radius 3 is 2.00 bits per heavy atom. The molecule has 0 radical (unpaired) electrons. The second-order valence-corrected chi connectivity index (χ2v) is 9.07. The van der Waals surface area contributed by atoms with Gasteiger partial charge in [-0.15, -0.1) is 0 Å². The van der Waals surface area contributed by atoms with E-state index in [4.69, 9.17) is 9.47 Å². The van der Waals surface area contributed by atoms with E-state index in [-0.39, 0.29) is 28.8 Å². The number of methoxy groups -OCH3 is 1. The molecule has 0 spiro atoms. The van der Waals surface area contributed by atoms with Gasteiger partial charge >= 0.3 is 5.69 Å². The molecule has 1 N–H and O–H groups in total. The first-order chi connectivity index (χ1) is 17.8. The first kappa shape index (κ1) is 24.2. The molecule has 1 heterocycles. The normalized spacial score (nSPS) is 17.6. The number of non-ortho nitro benzene ring substituents is 1. The molecule has 0 saturated heterocycles. The second-order valence-electron chi connectivity index (χ2n) is 9.07. The van der Waals surface area contributed by atoms with E-state index >= 15 is 0 Å². The van der Waals surface area contributed by atoms with Gasteiger partial charge in [-0.3, -0.25) is 29.8 Å². The van der Waals surface area contributed by atoms with Gasteiger partial charge in [0.2, 0.25) is 5.75 Å². The summed E-state index contributed by atoms with van der Waals surface area (Å²) in [7, 11) is 1.41. The number of nitro groups is 2. The number of nitro benzene ring substituents is 2. The van der Waals surface area contributed by atoms with Crippen molar-refractivity contribution >= 4 is 22.9 Å². The van der Waals surface area contributed by atoms with Gasteiger partial charge in [-0.05, 0) is 49.4 Å². The van der Waals surface area contributed by atoms with Crippen LogP contribution in [0.25, 0.3) is 0 Å². The SMILES string of the molecule is COc1cc(C2C3=C(CCCC3=O)NC3=C2C(=O)CCC3)ccc1Oc1ccc([N+](=O)[O-])cc1[N+](=O)[O-]. The van der Waals surface area contributed by atoms with Crippen LogP contribution >= 0.6 is 0 Å². The summed E-state index contributed by atoms with van der Waals surface area (Å²) < 4.78 is 11.3. The molecule has 0 fully saturated rings. The lowest BCUT2D eigenvalue weighted by Crippen LogP contribution is -2.36. The number of benzene rings is 2. The highest BCUT2D eigenvalue weighted by molar-refractivity contribution is 6.06. The van der Waals surface area contributed by atoms with Crippen LogP contribution in [0.3, 0.4) is 0 Å². The highest BCUT2D eigenvalue weighted by Crippen LogP contribution is 2.47. The number of hydrogen-bond donors (Lipinski definition) is 1. The molecule has 0 bridgehead atoms. The first-order valence-corrected chi connectivity index (χ1v) is 11.9. The van der Waals surface area contributed by atoms with Gasteiger partial charge in [-0.2, -0.15) is 0 Å². The molecule has 0 atom stereocenters. The van der Waals surface area contributed by atoms with E-state index in [0.29, 0.717) is 29.6 Å². The van der Waals surface area contributed by atoms with Gasteiger partial charge in [-0.1, -0.05) is 6.07 Å². The summed E-state index contributed by atoms with van der Waals surface area (Å²) >= 11 is 0. The minimum atomic E-state index is -0.760. The summed E-state index contributed by atoms with van der Waals surface area (Å²) in [4.78, 5) is 47.1. The molecule has 0 saturated carbocycles. The summed E-state index contributed by atoms with van der Waals surface area (Å²) in [5.41, 5.74) is 2.59. The molecule has 11 nitrogen and oxygen atoms in total. The van der Waals surface area contributed by atoms with Crippen LogP contribution in [0.4, 0.5) is 11.4 Å². The zero-order valence-corrected chi connectivity index (χ0v) is 19.9. The minimum Gasteiger partial charge on any atom is -0.493 e. The lowest BCUT2D eigenvalue weighted by molar-refractivity contribution is -0.394. The van der Waals surface area contributed by atoms with Crippen LogP contribution < -0.4 is 14.8 Å². The fourth-order valence-electron chi connectivity index (χ4n) is 5.23. The third-order valence-electron chi connectivity index (χ3n) is 6.88. The number of nitrogens with zero attached hydrogens (tertiary/aromatic N) is 2. The molecular weight excluding hydrogens is 482 g/mol. The summed E-state index contributed by atoms with van der Waals surface area (Å²) in [6.45, 7) is 0. The fraction of sp³-hybridized carbons (Fsp3) is 0.308. The standard InChI is InChI=1S/C26H23N3O8/c1-36-23-12-14(8-10-22(23)37-21-11-9-15(28(32)33)13-18(21)29(34)35)24-25-16(4-2-6-19(25)30)27-17-5-3-7-20(31)26(17)24/h8-13,24,27H,2-7H2,1H3. The third kappa shape index (κ3) is 4.32. The Hall–Kier alpha value is -4.54. The van der Waals surface area contributed by atoms with Crippen molar-refractivity contribution in [1.82, 2.24) is 5.32 Å². The van der Waals surface area contributed by atoms with E-state index in [9.17, 15) is 29.8 Å². The number of ether oxygens (including phenoxy) is 2. The molecule has 5 rings (SSSR count). The number of dihydropyridines is 1. The largest absolute Gasteiger partial charge is 0.493 e. The van der Waals surface area contributed by atoms with Crippen LogP contribution in [0.2, 0.25) is 0 Å². The first-order valence-electron chi connectivity index (χ1n) is 11.9. The van der Waals surface area contributed by atoms with Crippen LogP contribution in [0, 0.1) is 20.2 Å². The number of nitrogens with one attached hydrogen (secondary N) is 1. The Morgan fingerprint density at radius 2 is 1.43 bits per heavy atom. The summed E-state index contributed by atoms with van der Waals surface area (Å²) in [5.74, 6) is -0.342. The average Bonchev–Trinajstić information content (AvgIpc) is 2.88. The Labute approximate surface area is 211 Å². The fourth-order valence-corrected chi connectivity index (χ4v) is 5.23. The number of hydrogen-bond acceptors (Lipinski definition) is 9. The van der Waals surface area contributed by atoms with Gasteiger partial charge < -0.3 is 14.8 Å². The molecular formula is C26H23N3O8. The maximum Gasteiger partial charge on any atom is 0.318 e. The Balaban J connectivity index is 1.57. The Bertz CT molecular complexity index is 1380. The smallest absolute Gasteiger partial charge is 0.318 e.